The van der Waals surface area contributed by atoms with E-state index in [1.807, 2.05) is 0 Å². The molecule has 0 aliphatic rings. The minimum Gasteiger partial charge on any atom is -0.252 e. The first kappa shape index (κ1) is 63.8. The number of unbranched alkanes of at least 4 members (excludes halogenated alkanes) is 38. The fourth-order valence-corrected chi connectivity index (χ4v) is 9.55. The molecule has 0 aliphatic heterocycles. The third kappa shape index (κ3) is 38.5. The Labute approximate surface area is 434 Å². The van der Waals surface area contributed by atoms with Crippen molar-refractivity contribution < 1.29 is 16.5 Å². The van der Waals surface area contributed by atoms with Gasteiger partial charge in [-0.05, 0) is 80.3 Å². The molecule has 0 spiro atoms. The number of hydrogen-bond donors (Lipinski definition) is 0. The maximum Gasteiger partial charge on any atom is 0.0634 e. The quantitative estimate of drug-likeness (QED) is 0.0359. The summed E-state index contributed by atoms with van der Waals surface area (Å²) in [5.41, 5.74) is 6.84. The molecule has 0 saturated heterocycles. The molecule has 0 amide bonds. The first-order valence-electron chi connectivity index (χ1n) is 29.9. The Hall–Kier alpha value is -2.25. The Bertz CT molecular complexity index is 1470. The standard InChI is InChI=1S/C65H110N2.Ni/c1-5-9-12-14-16-18-20-22-24-26-28-30-32-34-36-38-40-42-44-47-49-60-52-56-62(57-53-60)66-64(8-4)65(51-46-11-7-3)67-63-58-54-61(55-59-63)50-48-45-43-41-39-37-35-33-31-29-27-25-23-21-19-17-15-13-10-6-2;/h47-50,52-59H,5-46,51H2,1-4H3;. The number of allylic oxidation sites excluding steroid dienone is 2. The van der Waals surface area contributed by atoms with Crippen molar-refractivity contribution in [2.45, 2.75) is 304 Å². The third-order valence-electron chi connectivity index (χ3n) is 14.1. The van der Waals surface area contributed by atoms with Gasteiger partial charge >= 0.3 is 0 Å². The number of aliphatic imine (C=N–C) groups is 2. The minimum absolute atomic E-state index is 0. The van der Waals surface area contributed by atoms with Crippen LogP contribution in [0.5, 0.6) is 0 Å². The van der Waals surface area contributed by atoms with E-state index >= 15 is 0 Å². The summed E-state index contributed by atoms with van der Waals surface area (Å²) in [5, 5.41) is 0. The molecule has 0 aromatic heterocycles. The van der Waals surface area contributed by atoms with Gasteiger partial charge < -0.3 is 0 Å². The van der Waals surface area contributed by atoms with Crippen LogP contribution in [-0.4, -0.2) is 11.4 Å². The molecule has 0 saturated carbocycles. The van der Waals surface area contributed by atoms with E-state index in [0.717, 1.165) is 42.1 Å². The Kier molecular flexibility index (Phi) is 46.6. The monoisotopic (exact) mass is 977 g/mol. The largest absolute Gasteiger partial charge is 0.252 e. The van der Waals surface area contributed by atoms with Gasteiger partial charge in [0, 0.05) is 16.5 Å². The van der Waals surface area contributed by atoms with Gasteiger partial charge in [-0.25, -0.2) is 0 Å². The first-order chi connectivity index (χ1) is 33.2. The van der Waals surface area contributed by atoms with Gasteiger partial charge in [0.1, 0.15) is 0 Å². The SMILES string of the molecule is CCCCCCCCCCCCCCCCCCCCC=Cc1ccc(N=C(CC)C(CCCCC)=Nc2ccc(C=CCCCCCCCCCCCCCCCCCCCC)cc2)cc1.[Ni]. The molecule has 0 fully saturated rings. The molecule has 2 aromatic rings. The van der Waals surface area contributed by atoms with Crippen molar-refractivity contribution in [2.75, 3.05) is 0 Å². The molecular weight excluding hydrogens is 867 g/mol. The zero-order valence-electron chi connectivity index (χ0n) is 45.5. The van der Waals surface area contributed by atoms with Crippen molar-refractivity contribution >= 4 is 35.0 Å². The van der Waals surface area contributed by atoms with Gasteiger partial charge in [-0.3, -0.25) is 9.98 Å². The van der Waals surface area contributed by atoms with Gasteiger partial charge in [0.15, 0.2) is 0 Å². The van der Waals surface area contributed by atoms with E-state index in [2.05, 4.69) is 101 Å². The third-order valence-corrected chi connectivity index (χ3v) is 14.1. The minimum atomic E-state index is 0. The summed E-state index contributed by atoms with van der Waals surface area (Å²) in [4.78, 5) is 10.4. The predicted molar refractivity (Wildman–Crippen MR) is 306 cm³/mol. The first-order valence-corrected chi connectivity index (χ1v) is 29.9. The Morgan fingerprint density at radius 3 is 0.838 bits per heavy atom. The van der Waals surface area contributed by atoms with Gasteiger partial charge in [0.25, 0.3) is 0 Å². The summed E-state index contributed by atoms with van der Waals surface area (Å²) < 4.78 is 0. The second kappa shape index (κ2) is 49.7. The topological polar surface area (TPSA) is 24.7 Å². The van der Waals surface area contributed by atoms with Crippen LogP contribution in [0.3, 0.4) is 0 Å². The van der Waals surface area contributed by atoms with E-state index in [0.29, 0.717) is 0 Å². The van der Waals surface area contributed by atoms with Crippen LogP contribution in [-0.2, 0) is 16.5 Å². The van der Waals surface area contributed by atoms with E-state index in [4.69, 9.17) is 9.98 Å². The Balaban J connectivity index is 0.0000231. The van der Waals surface area contributed by atoms with Crippen LogP contribution in [0.2, 0.25) is 0 Å². The molecule has 0 aliphatic carbocycles. The molecule has 0 atom stereocenters. The zero-order valence-corrected chi connectivity index (χ0v) is 46.5. The summed E-state index contributed by atoms with van der Waals surface area (Å²) >= 11 is 0. The van der Waals surface area contributed by atoms with Crippen LogP contribution in [0.4, 0.5) is 11.4 Å². The van der Waals surface area contributed by atoms with Gasteiger partial charge in [0.05, 0.1) is 22.8 Å². The second-order valence-electron chi connectivity index (χ2n) is 20.5. The van der Waals surface area contributed by atoms with Crippen LogP contribution in [0, 0.1) is 0 Å². The van der Waals surface area contributed by atoms with Crippen LogP contribution < -0.4 is 0 Å². The molecule has 0 bridgehead atoms. The van der Waals surface area contributed by atoms with E-state index in [1.54, 1.807) is 0 Å². The van der Waals surface area contributed by atoms with Crippen molar-refractivity contribution in [2.24, 2.45) is 9.98 Å². The second-order valence-corrected chi connectivity index (χ2v) is 20.5. The Morgan fingerprint density at radius 2 is 0.559 bits per heavy atom. The molecule has 0 heterocycles. The average Bonchev–Trinajstić information content (AvgIpc) is 3.35. The fraction of sp³-hybridized carbons (Fsp3) is 0.723. The smallest absolute Gasteiger partial charge is 0.0634 e. The maximum atomic E-state index is 5.21. The molecule has 0 radical (unpaired) electrons. The molecule has 2 aromatic carbocycles. The molecule has 3 heteroatoms. The van der Waals surface area contributed by atoms with Gasteiger partial charge in [-0.15, -0.1) is 0 Å². The number of benzene rings is 2. The van der Waals surface area contributed by atoms with Crippen LogP contribution >= 0.6 is 0 Å². The van der Waals surface area contributed by atoms with E-state index in [1.165, 1.54) is 268 Å². The molecule has 68 heavy (non-hydrogen) atoms. The van der Waals surface area contributed by atoms with E-state index in [9.17, 15) is 0 Å². The maximum absolute atomic E-state index is 5.21. The van der Waals surface area contributed by atoms with Crippen molar-refractivity contribution in [3.63, 3.8) is 0 Å². The molecule has 390 valence electrons. The van der Waals surface area contributed by atoms with Crippen molar-refractivity contribution in [3.05, 3.63) is 71.8 Å². The average molecular weight is 978 g/mol. The Morgan fingerprint density at radius 1 is 0.309 bits per heavy atom. The van der Waals surface area contributed by atoms with Gasteiger partial charge in [0.2, 0.25) is 0 Å². The molecule has 2 nitrogen and oxygen atoms in total. The number of nitrogens with zero attached hydrogens (tertiary/aromatic N) is 2. The summed E-state index contributed by atoms with van der Waals surface area (Å²) in [6, 6.07) is 17.6. The number of hydrogen-bond acceptors (Lipinski definition) is 2. The van der Waals surface area contributed by atoms with Crippen molar-refractivity contribution in [1.29, 1.82) is 0 Å². The summed E-state index contributed by atoms with van der Waals surface area (Å²) in [6.45, 7) is 9.11. The van der Waals surface area contributed by atoms with Crippen molar-refractivity contribution in [1.82, 2.24) is 0 Å². The summed E-state index contributed by atoms with van der Waals surface area (Å²) in [7, 11) is 0. The molecule has 2 rings (SSSR count). The molecule has 0 N–H and O–H groups in total. The normalized spacial score (nSPS) is 12.2. The zero-order chi connectivity index (χ0) is 47.8. The van der Waals surface area contributed by atoms with Crippen molar-refractivity contribution in [3.8, 4) is 0 Å². The van der Waals surface area contributed by atoms with Gasteiger partial charge in [-0.1, -0.05) is 307 Å². The number of rotatable bonds is 48. The van der Waals surface area contributed by atoms with E-state index < -0.39 is 0 Å². The van der Waals surface area contributed by atoms with Gasteiger partial charge in [-0.2, -0.15) is 0 Å². The van der Waals surface area contributed by atoms with Crippen LogP contribution in [0.1, 0.15) is 315 Å². The summed E-state index contributed by atoms with van der Waals surface area (Å²) in [5.74, 6) is 0. The summed E-state index contributed by atoms with van der Waals surface area (Å²) in [6.07, 6.45) is 68.6. The van der Waals surface area contributed by atoms with Crippen LogP contribution in [0.15, 0.2) is 70.7 Å². The fourth-order valence-electron chi connectivity index (χ4n) is 9.55. The molecular formula is C65H110N2Ni. The van der Waals surface area contributed by atoms with Crippen LogP contribution in [0.25, 0.3) is 12.2 Å². The van der Waals surface area contributed by atoms with E-state index in [-0.39, 0.29) is 16.5 Å². The predicted octanol–water partition coefficient (Wildman–Crippen LogP) is 23.4. The molecule has 0 unspecified atom stereocenters.